The van der Waals surface area contributed by atoms with Gasteiger partial charge in [0.2, 0.25) is 0 Å². The number of ether oxygens (including phenoxy) is 1. The fourth-order valence-electron chi connectivity index (χ4n) is 1.23. The van der Waals surface area contributed by atoms with Crippen LogP contribution in [0, 0.1) is 11.3 Å². The smallest absolute Gasteiger partial charge is 0.420 e. The first-order valence-corrected chi connectivity index (χ1v) is 4.91. The number of nitrogens with two attached hydrogens (primary N) is 1. The summed E-state index contributed by atoms with van der Waals surface area (Å²) in [6.07, 6.45) is -3.87. The van der Waals surface area contributed by atoms with Crippen LogP contribution in [0.15, 0.2) is 18.2 Å². The molecule has 0 heterocycles. The summed E-state index contributed by atoms with van der Waals surface area (Å²) in [5.41, 5.74) is 4.44. The predicted octanol–water partition coefficient (Wildman–Crippen LogP) is 2.97. The Labute approximate surface area is 96.6 Å². The van der Waals surface area contributed by atoms with Crippen molar-refractivity contribution in [1.29, 1.82) is 5.26 Å². The van der Waals surface area contributed by atoms with Gasteiger partial charge in [-0.2, -0.15) is 18.4 Å². The second-order valence-corrected chi connectivity index (χ2v) is 3.36. The highest BCUT2D eigenvalue weighted by molar-refractivity contribution is 5.49. The Bertz CT molecular complexity index is 424. The molecule has 0 fully saturated rings. The number of nitrogen functional groups attached to an aromatic ring is 1. The maximum absolute atomic E-state index is 12.6. The van der Waals surface area contributed by atoms with Gasteiger partial charge in [-0.15, -0.1) is 0 Å². The average Bonchev–Trinajstić information content (AvgIpc) is 2.25. The SMILES string of the molecule is N#CCCCOc1ccc(N)cc1C(F)(F)F. The molecular weight excluding hydrogens is 233 g/mol. The molecule has 0 saturated heterocycles. The molecule has 0 aliphatic heterocycles. The van der Waals surface area contributed by atoms with Gasteiger partial charge in [-0.1, -0.05) is 0 Å². The average molecular weight is 244 g/mol. The molecule has 0 bridgehead atoms. The largest absolute Gasteiger partial charge is 0.493 e. The van der Waals surface area contributed by atoms with Crippen molar-refractivity contribution in [3.63, 3.8) is 0 Å². The predicted molar refractivity (Wildman–Crippen MR) is 56.2 cm³/mol. The van der Waals surface area contributed by atoms with Gasteiger partial charge in [-0.3, -0.25) is 0 Å². The van der Waals surface area contributed by atoms with E-state index in [1.54, 1.807) is 0 Å². The Morgan fingerprint density at radius 1 is 1.35 bits per heavy atom. The van der Waals surface area contributed by atoms with Gasteiger partial charge in [-0.05, 0) is 24.6 Å². The molecule has 6 heteroatoms. The van der Waals surface area contributed by atoms with Crippen molar-refractivity contribution < 1.29 is 17.9 Å². The molecule has 17 heavy (non-hydrogen) atoms. The van der Waals surface area contributed by atoms with Gasteiger partial charge >= 0.3 is 6.18 Å². The van der Waals surface area contributed by atoms with Crippen LogP contribution in [-0.2, 0) is 6.18 Å². The molecule has 3 nitrogen and oxygen atoms in total. The summed E-state index contributed by atoms with van der Waals surface area (Å²) in [5.74, 6) is -0.260. The lowest BCUT2D eigenvalue weighted by atomic mass is 10.1. The van der Waals surface area contributed by atoms with E-state index >= 15 is 0 Å². The third kappa shape index (κ3) is 3.87. The van der Waals surface area contributed by atoms with Crippen molar-refractivity contribution in [3.8, 4) is 11.8 Å². The third-order valence-electron chi connectivity index (χ3n) is 2.00. The van der Waals surface area contributed by atoms with Crippen molar-refractivity contribution in [3.05, 3.63) is 23.8 Å². The van der Waals surface area contributed by atoms with E-state index in [2.05, 4.69) is 0 Å². The number of rotatable bonds is 4. The number of alkyl halides is 3. The lowest BCUT2D eigenvalue weighted by Gasteiger charge is -2.14. The molecule has 0 atom stereocenters. The molecule has 0 spiro atoms. The Morgan fingerprint density at radius 3 is 2.65 bits per heavy atom. The lowest BCUT2D eigenvalue weighted by Crippen LogP contribution is -2.10. The quantitative estimate of drug-likeness (QED) is 0.654. The number of nitrogens with zero attached hydrogens (tertiary/aromatic N) is 1. The second kappa shape index (κ2) is 5.43. The number of benzene rings is 1. The van der Waals surface area contributed by atoms with Crippen molar-refractivity contribution in [2.24, 2.45) is 0 Å². The number of anilines is 1. The number of hydrogen-bond donors (Lipinski definition) is 1. The molecule has 1 rings (SSSR count). The van der Waals surface area contributed by atoms with Crippen LogP contribution in [0.1, 0.15) is 18.4 Å². The number of hydrogen-bond acceptors (Lipinski definition) is 3. The molecule has 0 amide bonds. The first-order chi connectivity index (χ1) is 7.95. The van der Waals surface area contributed by atoms with Crippen LogP contribution in [0.5, 0.6) is 5.75 Å². The minimum Gasteiger partial charge on any atom is -0.493 e. The standard InChI is InChI=1S/C11H11F3N2O/c12-11(13,14)9-7-8(16)3-4-10(9)17-6-2-1-5-15/h3-4,7H,1-2,6,16H2. The van der Waals surface area contributed by atoms with Crippen LogP contribution >= 0.6 is 0 Å². The molecule has 1 aromatic rings. The molecule has 0 saturated carbocycles. The molecule has 92 valence electrons. The van der Waals surface area contributed by atoms with E-state index in [1.807, 2.05) is 6.07 Å². The van der Waals surface area contributed by atoms with Gasteiger partial charge < -0.3 is 10.5 Å². The van der Waals surface area contributed by atoms with Crippen molar-refractivity contribution in [2.45, 2.75) is 19.0 Å². The van der Waals surface area contributed by atoms with Gasteiger partial charge in [0.15, 0.2) is 0 Å². The van der Waals surface area contributed by atoms with Crippen LogP contribution in [0.4, 0.5) is 18.9 Å². The molecule has 0 radical (unpaired) electrons. The van der Waals surface area contributed by atoms with Crippen LogP contribution in [0.2, 0.25) is 0 Å². The highest BCUT2D eigenvalue weighted by Gasteiger charge is 2.34. The minimum absolute atomic E-state index is 0.0294. The molecule has 0 unspecified atom stereocenters. The van der Waals surface area contributed by atoms with Crippen molar-refractivity contribution in [1.82, 2.24) is 0 Å². The maximum atomic E-state index is 12.6. The van der Waals surface area contributed by atoms with E-state index in [4.69, 9.17) is 15.7 Å². The van der Waals surface area contributed by atoms with Crippen molar-refractivity contribution in [2.75, 3.05) is 12.3 Å². The Kier molecular flexibility index (Phi) is 4.21. The van der Waals surface area contributed by atoms with Crippen molar-refractivity contribution >= 4 is 5.69 Å². The summed E-state index contributed by atoms with van der Waals surface area (Å²) in [6.45, 7) is 0.0700. The summed E-state index contributed by atoms with van der Waals surface area (Å²) in [7, 11) is 0. The Morgan fingerprint density at radius 2 is 2.06 bits per heavy atom. The molecule has 0 aliphatic rings. The summed E-state index contributed by atoms with van der Waals surface area (Å²) < 4.78 is 42.8. The highest BCUT2D eigenvalue weighted by Crippen LogP contribution is 2.37. The molecule has 0 aromatic heterocycles. The number of unbranched alkanes of at least 4 members (excludes halogenated alkanes) is 1. The van der Waals surface area contributed by atoms with Crippen LogP contribution in [-0.4, -0.2) is 6.61 Å². The Hall–Kier alpha value is -1.90. The number of nitriles is 1. The van der Waals surface area contributed by atoms with Crippen LogP contribution < -0.4 is 10.5 Å². The fraction of sp³-hybridized carbons (Fsp3) is 0.364. The third-order valence-corrected chi connectivity index (χ3v) is 2.00. The summed E-state index contributed by atoms with van der Waals surface area (Å²) in [4.78, 5) is 0. The topological polar surface area (TPSA) is 59.0 Å². The van der Waals surface area contributed by atoms with Gasteiger partial charge in [-0.25, -0.2) is 0 Å². The van der Waals surface area contributed by atoms with Gasteiger partial charge in [0.25, 0.3) is 0 Å². The van der Waals surface area contributed by atoms with E-state index in [0.717, 1.165) is 6.07 Å². The Balaban J connectivity index is 2.81. The first kappa shape index (κ1) is 13.2. The molecule has 2 N–H and O–H groups in total. The fourth-order valence-corrected chi connectivity index (χ4v) is 1.23. The molecule has 0 aliphatic carbocycles. The second-order valence-electron chi connectivity index (χ2n) is 3.36. The zero-order valence-electron chi connectivity index (χ0n) is 8.92. The summed E-state index contributed by atoms with van der Waals surface area (Å²) >= 11 is 0. The molecular formula is C11H11F3N2O. The van der Waals surface area contributed by atoms with Crippen LogP contribution in [0.3, 0.4) is 0 Å². The zero-order valence-corrected chi connectivity index (χ0v) is 8.92. The highest BCUT2D eigenvalue weighted by atomic mass is 19.4. The summed E-state index contributed by atoms with van der Waals surface area (Å²) in [6, 6.07) is 5.25. The summed E-state index contributed by atoms with van der Waals surface area (Å²) in [5, 5.41) is 8.28. The zero-order chi connectivity index (χ0) is 12.9. The minimum atomic E-state index is -4.50. The molecule has 1 aromatic carbocycles. The lowest BCUT2D eigenvalue weighted by molar-refractivity contribution is -0.138. The van der Waals surface area contributed by atoms with Gasteiger partial charge in [0.05, 0.1) is 18.2 Å². The first-order valence-electron chi connectivity index (χ1n) is 4.91. The van der Waals surface area contributed by atoms with E-state index in [-0.39, 0.29) is 24.5 Å². The van der Waals surface area contributed by atoms with Crippen LogP contribution in [0.25, 0.3) is 0 Å². The monoisotopic (exact) mass is 244 g/mol. The van der Waals surface area contributed by atoms with E-state index < -0.39 is 11.7 Å². The normalized spacial score (nSPS) is 10.9. The van der Waals surface area contributed by atoms with E-state index in [9.17, 15) is 13.2 Å². The van der Waals surface area contributed by atoms with Gasteiger partial charge in [0.1, 0.15) is 5.75 Å². The van der Waals surface area contributed by atoms with Gasteiger partial charge in [0, 0.05) is 12.1 Å². The van der Waals surface area contributed by atoms with E-state index in [0.29, 0.717) is 6.42 Å². The van der Waals surface area contributed by atoms with E-state index in [1.165, 1.54) is 12.1 Å². The number of halogens is 3. The maximum Gasteiger partial charge on any atom is 0.420 e.